The second-order valence-electron chi connectivity index (χ2n) is 4.74. The minimum atomic E-state index is -0.0677. The van der Waals surface area contributed by atoms with Gasteiger partial charge in [-0.2, -0.15) is 0 Å². The highest BCUT2D eigenvalue weighted by Gasteiger charge is 2.19. The van der Waals surface area contributed by atoms with Crippen LogP contribution in [0.3, 0.4) is 0 Å². The number of carbonyl (C=O) groups excluding carboxylic acids is 1. The lowest BCUT2D eigenvalue weighted by atomic mass is 10.1. The van der Waals surface area contributed by atoms with E-state index in [2.05, 4.69) is 10.3 Å². The Morgan fingerprint density at radius 2 is 2.25 bits per heavy atom. The average molecular weight is 288 g/mol. The van der Waals surface area contributed by atoms with E-state index in [1.807, 2.05) is 30.3 Å². The molecule has 1 atom stereocenters. The third-order valence-corrected chi connectivity index (χ3v) is 4.16. The van der Waals surface area contributed by atoms with Gasteiger partial charge in [-0.3, -0.25) is 4.79 Å². The molecular formula is C15H16N2O2S. The van der Waals surface area contributed by atoms with Crippen LogP contribution in [0.25, 0.3) is 11.3 Å². The normalized spacial score (nSPS) is 18.1. The summed E-state index contributed by atoms with van der Waals surface area (Å²) in [7, 11) is 0. The number of nitrogens with zero attached hydrogens (tertiary/aromatic N) is 1. The topological polar surface area (TPSA) is 51.2 Å². The van der Waals surface area contributed by atoms with Gasteiger partial charge in [0.15, 0.2) is 0 Å². The maximum Gasteiger partial charge on any atom is 0.263 e. The Balaban J connectivity index is 1.70. The highest BCUT2D eigenvalue weighted by molar-refractivity contribution is 7.12. The van der Waals surface area contributed by atoms with E-state index < -0.39 is 0 Å². The van der Waals surface area contributed by atoms with E-state index in [-0.39, 0.29) is 12.0 Å². The summed E-state index contributed by atoms with van der Waals surface area (Å²) in [5.74, 6) is -0.0677. The van der Waals surface area contributed by atoms with E-state index in [1.54, 1.807) is 5.51 Å². The predicted octanol–water partition coefficient (Wildman–Crippen LogP) is 2.72. The summed E-state index contributed by atoms with van der Waals surface area (Å²) in [6.07, 6.45) is 2.26. The zero-order valence-corrected chi connectivity index (χ0v) is 11.9. The molecule has 104 valence electrons. The van der Waals surface area contributed by atoms with Crippen LogP contribution in [0.2, 0.25) is 0 Å². The molecule has 20 heavy (non-hydrogen) atoms. The van der Waals surface area contributed by atoms with Gasteiger partial charge in [0.1, 0.15) is 4.88 Å². The number of rotatable bonds is 4. The first-order valence-corrected chi connectivity index (χ1v) is 7.61. The first kappa shape index (κ1) is 13.3. The lowest BCUT2D eigenvalue weighted by molar-refractivity contribution is 0.0861. The molecule has 1 aromatic carbocycles. The zero-order chi connectivity index (χ0) is 13.8. The Kier molecular flexibility index (Phi) is 4.08. The Labute approximate surface area is 121 Å². The van der Waals surface area contributed by atoms with Gasteiger partial charge in [0.05, 0.1) is 17.3 Å². The number of ether oxygens (including phenoxy) is 1. The zero-order valence-electron chi connectivity index (χ0n) is 11.0. The molecule has 4 nitrogen and oxygen atoms in total. The number of aromatic nitrogens is 1. The van der Waals surface area contributed by atoms with Crippen LogP contribution >= 0.6 is 11.3 Å². The summed E-state index contributed by atoms with van der Waals surface area (Å²) in [6, 6.07) is 9.77. The quantitative estimate of drug-likeness (QED) is 0.941. The molecule has 1 fully saturated rings. The van der Waals surface area contributed by atoms with Crippen LogP contribution in [0.15, 0.2) is 35.8 Å². The maximum atomic E-state index is 12.3. The van der Waals surface area contributed by atoms with Gasteiger partial charge in [-0.25, -0.2) is 4.98 Å². The Morgan fingerprint density at radius 3 is 3.00 bits per heavy atom. The molecule has 2 aromatic rings. The Hall–Kier alpha value is -1.72. The summed E-state index contributed by atoms with van der Waals surface area (Å²) in [4.78, 5) is 17.2. The number of thiazole rings is 1. The van der Waals surface area contributed by atoms with Crippen LogP contribution < -0.4 is 5.32 Å². The van der Waals surface area contributed by atoms with Crippen LogP contribution in [0.1, 0.15) is 22.5 Å². The summed E-state index contributed by atoms with van der Waals surface area (Å²) >= 11 is 1.37. The van der Waals surface area contributed by atoms with E-state index in [4.69, 9.17) is 4.74 Å². The van der Waals surface area contributed by atoms with Crippen LogP contribution in [0.5, 0.6) is 0 Å². The molecule has 0 bridgehead atoms. The number of hydrogen-bond donors (Lipinski definition) is 1. The fourth-order valence-electron chi connectivity index (χ4n) is 2.30. The third-order valence-electron chi connectivity index (χ3n) is 3.34. The van der Waals surface area contributed by atoms with Crippen molar-refractivity contribution in [1.29, 1.82) is 0 Å². The minimum Gasteiger partial charge on any atom is -0.376 e. The summed E-state index contributed by atoms with van der Waals surface area (Å²) < 4.78 is 5.51. The van der Waals surface area contributed by atoms with E-state index in [0.717, 1.165) is 30.7 Å². The molecule has 0 radical (unpaired) electrons. The van der Waals surface area contributed by atoms with Gasteiger partial charge in [-0.05, 0) is 12.8 Å². The molecule has 1 unspecified atom stereocenters. The molecular weight excluding hydrogens is 272 g/mol. The van der Waals surface area contributed by atoms with E-state index in [0.29, 0.717) is 11.4 Å². The van der Waals surface area contributed by atoms with Crippen molar-refractivity contribution in [2.24, 2.45) is 0 Å². The standard InChI is InChI=1S/C15H16N2O2S/c18-15(16-9-12-7-4-8-19-12)14-13(17-10-20-14)11-5-2-1-3-6-11/h1-3,5-6,10,12H,4,7-9H2,(H,16,18). The first-order chi connectivity index (χ1) is 9.84. The second kappa shape index (κ2) is 6.15. The number of amides is 1. The van der Waals surface area contributed by atoms with Crippen LogP contribution in [0.4, 0.5) is 0 Å². The van der Waals surface area contributed by atoms with Gasteiger partial charge in [0.2, 0.25) is 0 Å². The van der Waals surface area contributed by atoms with Gasteiger partial charge in [-0.15, -0.1) is 11.3 Å². The molecule has 1 aromatic heterocycles. The van der Waals surface area contributed by atoms with Gasteiger partial charge in [-0.1, -0.05) is 30.3 Å². The second-order valence-corrected chi connectivity index (χ2v) is 5.60. The molecule has 3 rings (SSSR count). The van der Waals surface area contributed by atoms with Crippen molar-refractivity contribution in [2.75, 3.05) is 13.2 Å². The fourth-order valence-corrected chi connectivity index (χ4v) is 3.03. The monoisotopic (exact) mass is 288 g/mol. The molecule has 2 heterocycles. The molecule has 1 N–H and O–H groups in total. The molecule has 5 heteroatoms. The minimum absolute atomic E-state index is 0.0677. The molecule has 0 saturated carbocycles. The fraction of sp³-hybridized carbons (Fsp3) is 0.333. The van der Waals surface area contributed by atoms with Crippen molar-refractivity contribution in [3.05, 3.63) is 40.7 Å². The van der Waals surface area contributed by atoms with Crippen molar-refractivity contribution >= 4 is 17.2 Å². The van der Waals surface area contributed by atoms with Gasteiger partial charge >= 0.3 is 0 Å². The van der Waals surface area contributed by atoms with Crippen molar-refractivity contribution in [2.45, 2.75) is 18.9 Å². The van der Waals surface area contributed by atoms with Crippen LogP contribution in [0, 0.1) is 0 Å². The highest BCUT2D eigenvalue weighted by atomic mass is 32.1. The van der Waals surface area contributed by atoms with Gasteiger partial charge in [0, 0.05) is 18.7 Å². The lowest BCUT2D eigenvalue weighted by Gasteiger charge is -2.10. The largest absolute Gasteiger partial charge is 0.376 e. The molecule has 0 aliphatic carbocycles. The third kappa shape index (κ3) is 2.89. The van der Waals surface area contributed by atoms with Crippen LogP contribution in [-0.2, 0) is 4.74 Å². The summed E-state index contributed by atoms with van der Waals surface area (Å²) in [6.45, 7) is 1.38. The molecule has 1 amide bonds. The maximum absolute atomic E-state index is 12.3. The lowest BCUT2D eigenvalue weighted by Crippen LogP contribution is -2.31. The van der Waals surface area contributed by atoms with E-state index in [9.17, 15) is 4.79 Å². The molecule has 1 aliphatic heterocycles. The number of hydrogen-bond acceptors (Lipinski definition) is 4. The Morgan fingerprint density at radius 1 is 1.40 bits per heavy atom. The van der Waals surface area contributed by atoms with Crippen molar-refractivity contribution in [3.63, 3.8) is 0 Å². The van der Waals surface area contributed by atoms with E-state index in [1.165, 1.54) is 11.3 Å². The summed E-state index contributed by atoms with van der Waals surface area (Å²) in [5.41, 5.74) is 3.43. The first-order valence-electron chi connectivity index (χ1n) is 6.73. The molecule has 1 saturated heterocycles. The van der Waals surface area contributed by atoms with Crippen molar-refractivity contribution in [3.8, 4) is 11.3 Å². The van der Waals surface area contributed by atoms with Crippen molar-refractivity contribution < 1.29 is 9.53 Å². The van der Waals surface area contributed by atoms with Gasteiger partial charge in [0.25, 0.3) is 5.91 Å². The van der Waals surface area contributed by atoms with Crippen molar-refractivity contribution in [1.82, 2.24) is 10.3 Å². The van der Waals surface area contributed by atoms with Crippen LogP contribution in [-0.4, -0.2) is 30.1 Å². The average Bonchev–Trinajstić information content (AvgIpc) is 3.17. The van der Waals surface area contributed by atoms with Gasteiger partial charge < -0.3 is 10.1 Å². The predicted molar refractivity (Wildman–Crippen MR) is 78.9 cm³/mol. The molecule has 1 aliphatic rings. The number of carbonyl (C=O) groups is 1. The number of nitrogens with one attached hydrogen (secondary N) is 1. The summed E-state index contributed by atoms with van der Waals surface area (Å²) in [5, 5.41) is 2.94. The van der Waals surface area contributed by atoms with E-state index >= 15 is 0 Å². The Bertz CT molecular complexity index is 577. The number of benzene rings is 1. The highest BCUT2D eigenvalue weighted by Crippen LogP contribution is 2.25. The smallest absolute Gasteiger partial charge is 0.263 e. The SMILES string of the molecule is O=C(NCC1CCCO1)c1scnc1-c1ccccc1. The molecule has 0 spiro atoms.